The monoisotopic (exact) mass is 280 g/mol. The number of hydrogen-bond acceptors (Lipinski definition) is 3. The van der Waals surface area contributed by atoms with Gasteiger partial charge in [-0.15, -0.1) is 0 Å². The van der Waals surface area contributed by atoms with Gasteiger partial charge in [0.1, 0.15) is 17.5 Å². The average molecular weight is 280 g/mol. The smallest absolute Gasteiger partial charge is 0.138 e. The summed E-state index contributed by atoms with van der Waals surface area (Å²) >= 11 is 0. The molecule has 4 atom stereocenters. The Kier molecular flexibility index (Phi) is 5.39. The predicted molar refractivity (Wildman–Crippen MR) is 79.2 cm³/mol. The summed E-state index contributed by atoms with van der Waals surface area (Å²) in [6.07, 6.45) is 12.0. The third-order valence-electron chi connectivity index (χ3n) is 4.86. The quantitative estimate of drug-likeness (QED) is 0.415. The summed E-state index contributed by atoms with van der Waals surface area (Å²) in [5.74, 6) is 0.558. The first-order valence-electron chi connectivity index (χ1n) is 8.11. The fourth-order valence-corrected chi connectivity index (χ4v) is 3.17. The SMILES string of the molecule is CCCCCC/C=C/[C@@]1(C)OO[C@@H]2C[C@H]1CC(=O)[C@@H]2C. The first kappa shape index (κ1) is 15.7. The molecule has 0 spiro atoms. The number of allylic oxidation sites excluding steroid dienone is 1. The van der Waals surface area contributed by atoms with Crippen molar-refractivity contribution in [2.45, 2.75) is 77.4 Å². The maximum Gasteiger partial charge on any atom is 0.138 e. The third-order valence-corrected chi connectivity index (χ3v) is 4.86. The molecule has 0 N–H and O–H groups in total. The first-order chi connectivity index (χ1) is 9.57. The number of rotatable bonds is 6. The lowest BCUT2D eigenvalue weighted by Gasteiger charge is -2.45. The number of fused-ring (bicyclic) bond motifs is 2. The number of ketones is 1. The first-order valence-corrected chi connectivity index (χ1v) is 8.11. The van der Waals surface area contributed by atoms with Crippen molar-refractivity contribution < 1.29 is 14.6 Å². The largest absolute Gasteiger partial charge is 0.299 e. The molecule has 1 aliphatic heterocycles. The molecule has 0 amide bonds. The summed E-state index contributed by atoms with van der Waals surface area (Å²) < 4.78 is 0. The van der Waals surface area contributed by atoms with Crippen LogP contribution in [0.5, 0.6) is 0 Å². The Hall–Kier alpha value is -0.670. The van der Waals surface area contributed by atoms with Crippen LogP contribution in [0.3, 0.4) is 0 Å². The second kappa shape index (κ2) is 6.86. The molecule has 0 unspecified atom stereocenters. The molecule has 1 saturated carbocycles. The topological polar surface area (TPSA) is 35.5 Å². The summed E-state index contributed by atoms with van der Waals surface area (Å²) in [6, 6.07) is 0. The third kappa shape index (κ3) is 3.50. The van der Waals surface area contributed by atoms with Gasteiger partial charge in [-0.1, -0.05) is 45.3 Å². The molecule has 114 valence electrons. The Morgan fingerprint density at radius 1 is 1.35 bits per heavy atom. The van der Waals surface area contributed by atoms with Gasteiger partial charge in [0.25, 0.3) is 0 Å². The maximum absolute atomic E-state index is 12.0. The molecule has 2 fully saturated rings. The van der Waals surface area contributed by atoms with Gasteiger partial charge in [0, 0.05) is 18.3 Å². The van der Waals surface area contributed by atoms with Gasteiger partial charge >= 0.3 is 0 Å². The van der Waals surface area contributed by atoms with Crippen LogP contribution in [0.25, 0.3) is 0 Å². The van der Waals surface area contributed by atoms with E-state index in [1.165, 1.54) is 25.7 Å². The van der Waals surface area contributed by atoms with E-state index in [1.54, 1.807) is 0 Å². The van der Waals surface area contributed by atoms with E-state index in [1.807, 2.05) is 13.8 Å². The molecule has 0 aromatic rings. The minimum atomic E-state index is -0.433. The molecule has 2 rings (SSSR count). The Labute approximate surface area is 122 Å². The summed E-state index contributed by atoms with van der Waals surface area (Å²) in [6.45, 7) is 6.21. The molecule has 2 bridgehead atoms. The number of hydrogen-bond donors (Lipinski definition) is 0. The van der Waals surface area contributed by atoms with Gasteiger partial charge in [-0.05, 0) is 26.2 Å². The van der Waals surface area contributed by atoms with E-state index in [0.717, 1.165) is 12.8 Å². The van der Waals surface area contributed by atoms with Crippen molar-refractivity contribution in [3.8, 4) is 0 Å². The molecule has 1 heterocycles. The molecule has 3 heteroatoms. The highest BCUT2D eigenvalue weighted by molar-refractivity contribution is 5.82. The molecule has 3 nitrogen and oxygen atoms in total. The van der Waals surface area contributed by atoms with Crippen molar-refractivity contribution in [2.24, 2.45) is 11.8 Å². The average Bonchev–Trinajstić information content (AvgIpc) is 2.43. The van der Waals surface area contributed by atoms with Gasteiger partial charge in [-0.3, -0.25) is 4.79 Å². The number of carbonyl (C=O) groups is 1. The van der Waals surface area contributed by atoms with Crippen LogP contribution in [0.2, 0.25) is 0 Å². The zero-order chi connectivity index (χ0) is 14.6. The second-order valence-electron chi connectivity index (χ2n) is 6.55. The summed E-state index contributed by atoms with van der Waals surface area (Å²) in [5.41, 5.74) is -0.433. The van der Waals surface area contributed by atoms with Gasteiger partial charge < -0.3 is 0 Å². The van der Waals surface area contributed by atoms with Crippen LogP contribution in [0.1, 0.15) is 65.7 Å². The van der Waals surface area contributed by atoms with Crippen LogP contribution in [0.4, 0.5) is 0 Å². The van der Waals surface area contributed by atoms with Crippen molar-refractivity contribution in [2.75, 3.05) is 0 Å². The van der Waals surface area contributed by atoms with Gasteiger partial charge in [0.15, 0.2) is 0 Å². The van der Waals surface area contributed by atoms with E-state index in [0.29, 0.717) is 12.2 Å². The predicted octanol–water partition coefficient (Wildman–Crippen LogP) is 4.22. The highest BCUT2D eigenvalue weighted by atomic mass is 17.2. The van der Waals surface area contributed by atoms with Crippen LogP contribution < -0.4 is 0 Å². The minimum absolute atomic E-state index is 0.0196. The number of Topliss-reactive ketones (excluding diaryl/α,β-unsaturated/α-hetero) is 1. The van der Waals surface area contributed by atoms with Crippen LogP contribution in [-0.2, 0) is 14.6 Å². The van der Waals surface area contributed by atoms with Gasteiger partial charge in [0.05, 0.1) is 0 Å². The van der Waals surface area contributed by atoms with Crippen LogP contribution >= 0.6 is 0 Å². The van der Waals surface area contributed by atoms with Crippen molar-refractivity contribution >= 4 is 5.78 Å². The Bertz CT molecular complexity index is 363. The summed E-state index contributed by atoms with van der Waals surface area (Å²) in [4.78, 5) is 23.1. The van der Waals surface area contributed by atoms with E-state index in [9.17, 15) is 4.79 Å². The van der Waals surface area contributed by atoms with Gasteiger partial charge in [-0.25, -0.2) is 9.78 Å². The maximum atomic E-state index is 12.0. The van der Waals surface area contributed by atoms with Crippen molar-refractivity contribution in [1.82, 2.24) is 0 Å². The van der Waals surface area contributed by atoms with Crippen LogP contribution in [0, 0.1) is 11.8 Å². The van der Waals surface area contributed by atoms with Crippen molar-refractivity contribution in [1.29, 1.82) is 0 Å². The lowest BCUT2D eigenvalue weighted by molar-refractivity contribution is -0.415. The molecule has 0 aromatic heterocycles. The van der Waals surface area contributed by atoms with Crippen LogP contribution in [0.15, 0.2) is 12.2 Å². The minimum Gasteiger partial charge on any atom is -0.299 e. The van der Waals surface area contributed by atoms with E-state index in [2.05, 4.69) is 19.1 Å². The molecule has 1 saturated heterocycles. The molecule has 2 aliphatic rings. The molecular weight excluding hydrogens is 252 g/mol. The summed E-state index contributed by atoms with van der Waals surface area (Å²) in [5, 5.41) is 0. The zero-order valence-corrected chi connectivity index (χ0v) is 13.1. The fraction of sp³-hybridized carbons (Fsp3) is 0.824. The standard InChI is InChI=1S/C17H28O3/c1-4-5-6-7-8-9-10-17(3)14-11-15(18)13(2)16(12-14)19-20-17/h9-10,13-14,16H,4-8,11-12H2,1-3H3/b10-9+/t13-,14+,16+,17+/m0/s1. The van der Waals surface area contributed by atoms with Crippen LogP contribution in [-0.4, -0.2) is 17.5 Å². The molecular formula is C17H28O3. The lowest BCUT2D eigenvalue weighted by Crippen LogP contribution is -2.52. The zero-order valence-electron chi connectivity index (χ0n) is 13.1. The second-order valence-corrected chi connectivity index (χ2v) is 6.55. The number of unbranched alkanes of at least 4 members (excludes halogenated alkanes) is 4. The molecule has 0 aromatic carbocycles. The Balaban J connectivity index is 1.87. The fourth-order valence-electron chi connectivity index (χ4n) is 3.17. The molecule has 1 aliphatic carbocycles. The highest BCUT2D eigenvalue weighted by Gasteiger charge is 2.48. The van der Waals surface area contributed by atoms with Crippen molar-refractivity contribution in [3.05, 3.63) is 12.2 Å². The molecule has 20 heavy (non-hydrogen) atoms. The van der Waals surface area contributed by atoms with E-state index in [-0.39, 0.29) is 17.9 Å². The number of carbonyl (C=O) groups excluding carboxylic acids is 1. The normalized spacial score (nSPS) is 37.5. The lowest BCUT2D eigenvalue weighted by atomic mass is 9.71. The highest BCUT2D eigenvalue weighted by Crippen LogP contribution is 2.42. The van der Waals surface area contributed by atoms with Gasteiger partial charge in [-0.2, -0.15) is 0 Å². The van der Waals surface area contributed by atoms with E-state index in [4.69, 9.17) is 9.78 Å². The Morgan fingerprint density at radius 2 is 2.15 bits per heavy atom. The van der Waals surface area contributed by atoms with E-state index >= 15 is 0 Å². The summed E-state index contributed by atoms with van der Waals surface area (Å²) in [7, 11) is 0. The Morgan fingerprint density at radius 3 is 2.90 bits per heavy atom. The van der Waals surface area contributed by atoms with E-state index < -0.39 is 5.60 Å². The van der Waals surface area contributed by atoms with Gasteiger partial charge in [0.2, 0.25) is 0 Å². The van der Waals surface area contributed by atoms with Crippen molar-refractivity contribution in [3.63, 3.8) is 0 Å². The molecule has 0 radical (unpaired) electrons.